The lowest BCUT2D eigenvalue weighted by Crippen LogP contribution is -2.32. The third-order valence-corrected chi connectivity index (χ3v) is 2.71. The molecule has 0 bridgehead atoms. The highest BCUT2D eigenvalue weighted by Gasteiger charge is 2.34. The SMILES string of the molecule is COC(=O)C(C)CC(C(=O)OC)C(C)C(=O)O. The number of aliphatic carboxylic acids is 1. The molecule has 0 radical (unpaired) electrons. The molecule has 6 nitrogen and oxygen atoms in total. The first-order valence-corrected chi connectivity index (χ1v) is 5.23. The van der Waals surface area contributed by atoms with Gasteiger partial charge in [-0.05, 0) is 6.42 Å². The second-order valence-corrected chi connectivity index (χ2v) is 3.92. The van der Waals surface area contributed by atoms with Gasteiger partial charge in [0.25, 0.3) is 0 Å². The van der Waals surface area contributed by atoms with E-state index in [1.807, 2.05) is 0 Å². The number of carbonyl (C=O) groups is 3. The van der Waals surface area contributed by atoms with Gasteiger partial charge < -0.3 is 14.6 Å². The van der Waals surface area contributed by atoms with Gasteiger partial charge in [-0.15, -0.1) is 0 Å². The number of hydrogen-bond acceptors (Lipinski definition) is 5. The lowest BCUT2D eigenvalue weighted by molar-refractivity contribution is -0.157. The molecule has 6 heteroatoms. The number of carboxylic acid groups (broad SMARTS) is 1. The first-order chi connectivity index (χ1) is 7.84. The third kappa shape index (κ3) is 4.42. The quantitative estimate of drug-likeness (QED) is 0.694. The Morgan fingerprint density at radius 2 is 1.53 bits per heavy atom. The highest BCUT2D eigenvalue weighted by Crippen LogP contribution is 2.23. The lowest BCUT2D eigenvalue weighted by Gasteiger charge is -2.20. The van der Waals surface area contributed by atoms with Gasteiger partial charge in [-0.3, -0.25) is 14.4 Å². The topological polar surface area (TPSA) is 89.9 Å². The number of rotatable bonds is 6. The third-order valence-electron chi connectivity index (χ3n) is 2.71. The molecule has 0 rings (SSSR count). The number of hydrogen-bond donors (Lipinski definition) is 1. The van der Waals surface area contributed by atoms with Crippen LogP contribution in [-0.4, -0.2) is 37.2 Å². The minimum atomic E-state index is -1.10. The first-order valence-electron chi connectivity index (χ1n) is 5.23. The van der Waals surface area contributed by atoms with Crippen LogP contribution < -0.4 is 0 Å². The zero-order valence-corrected chi connectivity index (χ0v) is 10.4. The van der Waals surface area contributed by atoms with E-state index in [0.29, 0.717) is 0 Å². The summed E-state index contributed by atoms with van der Waals surface area (Å²) < 4.78 is 9.07. The van der Waals surface area contributed by atoms with Crippen LogP contribution in [0.25, 0.3) is 0 Å². The summed E-state index contributed by atoms with van der Waals surface area (Å²) in [5.74, 6) is -4.52. The van der Waals surface area contributed by atoms with Crippen molar-refractivity contribution in [2.45, 2.75) is 20.3 Å². The van der Waals surface area contributed by atoms with E-state index in [1.165, 1.54) is 21.1 Å². The molecular weight excluding hydrogens is 228 g/mol. The van der Waals surface area contributed by atoms with Crippen LogP contribution in [0.1, 0.15) is 20.3 Å². The molecule has 0 aliphatic rings. The summed E-state index contributed by atoms with van der Waals surface area (Å²) in [7, 11) is 2.43. The second-order valence-electron chi connectivity index (χ2n) is 3.92. The second kappa shape index (κ2) is 6.88. The van der Waals surface area contributed by atoms with Gasteiger partial charge in [0.1, 0.15) is 0 Å². The number of carbonyl (C=O) groups excluding carboxylic acids is 2. The maximum Gasteiger partial charge on any atom is 0.309 e. The molecule has 0 fully saturated rings. The Kier molecular flexibility index (Phi) is 6.23. The van der Waals surface area contributed by atoms with Crippen LogP contribution in [0, 0.1) is 17.8 Å². The number of methoxy groups -OCH3 is 2. The van der Waals surface area contributed by atoms with Crippen molar-refractivity contribution in [1.29, 1.82) is 0 Å². The maximum absolute atomic E-state index is 11.5. The van der Waals surface area contributed by atoms with E-state index in [1.54, 1.807) is 6.92 Å². The zero-order chi connectivity index (χ0) is 13.6. The Morgan fingerprint density at radius 3 is 1.88 bits per heavy atom. The average molecular weight is 246 g/mol. The van der Waals surface area contributed by atoms with Crippen LogP contribution in [0.5, 0.6) is 0 Å². The Hall–Kier alpha value is -1.59. The molecule has 3 unspecified atom stereocenters. The normalized spacial score (nSPS) is 15.5. The van der Waals surface area contributed by atoms with E-state index in [4.69, 9.17) is 5.11 Å². The van der Waals surface area contributed by atoms with Crippen molar-refractivity contribution in [1.82, 2.24) is 0 Å². The molecule has 0 spiro atoms. The fourth-order valence-electron chi connectivity index (χ4n) is 1.51. The summed E-state index contributed by atoms with van der Waals surface area (Å²) in [6, 6.07) is 0. The van der Waals surface area contributed by atoms with Crippen LogP contribution in [0.2, 0.25) is 0 Å². The van der Waals surface area contributed by atoms with Crippen molar-refractivity contribution in [2.75, 3.05) is 14.2 Å². The smallest absolute Gasteiger partial charge is 0.309 e. The number of esters is 2. The van der Waals surface area contributed by atoms with E-state index in [2.05, 4.69) is 9.47 Å². The fraction of sp³-hybridized carbons (Fsp3) is 0.727. The summed E-state index contributed by atoms with van der Waals surface area (Å²) in [6.07, 6.45) is 0.0901. The predicted octanol–water partition coefficient (Wildman–Crippen LogP) is 0.695. The van der Waals surface area contributed by atoms with E-state index in [-0.39, 0.29) is 6.42 Å². The zero-order valence-electron chi connectivity index (χ0n) is 10.4. The molecule has 0 amide bonds. The van der Waals surface area contributed by atoms with Crippen LogP contribution in [0.3, 0.4) is 0 Å². The van der Waals surface area contributed by atoms with Gasteiger partial charge in [-0.25, -0.2) is 0 Å². The molecule has 0 aliphatic carbocycles. The van der Waals surface area contributed by atoms with Gasteiger partial charge in [0.15, 0.2) is 0 Å². The van der Waals surface area contributed by atoms with Crippen molar-refractivity contribution < 1.29 is 29.0 Å². The van der Waals surface area contributed by atoms with Crippen LogP contribution in [0.15, 0.2) is 0 Å². The van der Waals surface area contributed by atoms with Crippen LogP contribution in [-0.2, 0) is 23.9 Å². The molecule has 0 aromatic rings. The van der Waals surface area contributed by atoms with E-state index >= 15 is 0 Å². The van der Waals surface area contributed by atoms with Crippen molar-refractivity contribution in [2.24, 2.45) is 17.8 Å². The van der Waals surface area contributed by atoms with Crippen molar-refractivity contribution in [3.8, 4) is 0 Å². The average Bonchev–Trinajstić information content (AvgIpc) is 2.32. The van der Waals surface area contributed by atoms with Gasteiger partial charge in [0.2, 0.25) is 0 Å². The van der Waals surface area contributed by atoms with Crippen LogP contribution >= 0.6 is 0 Å². The minimum Gasteiger partial charge on any atom is -0.481 e. The number of ether oxygens (including phenoxy) is 2. The van der Waals surface area contributed by atoms with E-state index in [0.717, 1.165) is 0 Å². The molecule has 1 N–H and O–H groups in total. The largest absolute Gasteiger partial charge is 0.481 e. The summed E-state index contributed by atoms with van der Waals surface area (Å²) >= 11 is 0. The lowest BCUT2D eigenvalue weighted by atomic mass is 9.86. The Balaban J connectivity index is 4.77. The van der Waals surface area contributed by atoms with Gasteiger partial charge >= 0.3 is 17.9 Å². The molecule has 0 aliphatic heterocycles. The Labute approximate surface area is 99.9 Å². The summed E-state index contributed by atoms with van der Waals surface area (Å²) in [4.78, 5) is 33.6. The van der Waals surface area contributed by atoms with Gasteiger partial charge in [0.05, 0.1) is 32.0 Å². The molecule has 0 aromatic carbocycles. The van der Waals surface area contributed by atoms with E-state index < -0.39 is 35.7 Å². The van der Waals surface area contributed by atoms with Gasteiger partial charge in [0, 0.05) is 0 Å². The summed E-state index contributed by atoms with van der Waals surface area (Å²) in [6.45, 7) is 2.99. The molecule has 0 heterocycles. The van der Waals surface area contributed by atoms with Crippen molar-refractivity contribution >= 4 is 17.9 Å². The standard InChI is InChI=1S/C11H18O6/c1-6(10(14)16-3)5-8(11(15)17-4)7(2)9(12)13/h6-8H,5H2,1-4H3,(H,12,13). The van der Waals surface area contributed by atoms with Gasteiger partial charge in [-0.1, -0.05) is 13.8 Å². The maximum atomic E-state index is 11.5. The summed E-state index contributed by atoms with van der Waals surface area (Å²) in [5, 5.41) is 8.88. The van der Waals surface area contributed by atoms with Gasteiger partial charge in [-0.2, -0.15) is 0 Å². The predicted molar refractivity (Wildman–Crippen MR) is 58.1 cm³/mol. The molecular formula is C11H18O6. The van der Waals surface area contributed by atoms with Crippen molar-refractivity contribution in [3.05, 3.63) is 0 Å². The Morgan fingerprint density at radius 1 is 1.06 bits per heavy atom. The molecule has 98 valence electrons. The molecule has 3 atom stereocenters. The van der Waals surface area contributed by atoms with Crippen LogP contribution in [0.4, 0.5) is 0 Å². The molecule has 0 saturated carbocycles. The minimum absolute atomic E-state index is 0.0901. The molecule has 0 aromatic heterocycles. The monoisotopic (exact) mass is 246 g/mol. The van der Waals surface area contributed by atoms with E-state index in [9.17, 15) is 14.4 Å². The highest BCUT2D eigenvalue weighted by molar-refractivity contribution is 5.81. The highest BCUT2D eigenvalue weighted by atomic mass is 16.5. The fourth-order valence-corrected chi connectivity index (χ4v) is 1.51. The van der Waals surface area contributed by atoms with Crippen molar-refractivity contribution in [3.63, 3.8) is 0 Å². The number of carboxylic acids is 1. The molecule has 17 heavy (non-hydrogen) atoms. The molecule has 0 saturated heterocycles. The first kappa shape index (κ1) is 15.4. The Bertz CT molecular complexity index is 298. The summed E-state index contributed by atoms with van der Waals surface area (Å²) in [5.41, 5.74) is 0.